The fourth-order valence-electron chi connectivity index (χ4n) is 4.26. The van der Waals surface area contributed by atoms with E-state index < -0.39 is 0 Å². The van der Waals surface area contributed by atoms with Crippen molar-refractivity contribution in [2.45, 2.75) is 32.5 Å². The zero-order valence-corrected chi connectivity index (χ0v) is 18.2. The van der Waals surface area contributed by atoms with Crippen LogP contribution in [0, 0.1) is 10.7 Å². The number of nitrogens with zero attached hydrogens (tertiary/aromatic N) is 3. The third-order valence-electron chi connectivity index (χ3n) is 6.04. The summed E-state index contributed by atoms with van der Waals surface area (Å²) in [5.74, 6) is -0.0663. The third kappa shape index (κ3) is 4.62. The van der Waals surface area contributed by atoms with E-state index in [-0.39, 0.29) is 36.1 Å². The molecule has 0 aliphatic carbocycles. The predicted octanol–water partition coefficient (Wildman–Crippen LogP) is 4.88. The lowest BCUT2D eigenvalue weighted by Crippen LogP contribution is -2.58. The molecule has 0 saturated carbocycles. The number of hydrogen-bond acceptors (Lipinski definition) is 5. The molecule has 166 valence electrons. The molecule has 1 aliphatic heterocycles. The van der Waals surface area contributed by atoms with Crippen LogP contribution in [0.2, 0.25) is 0 Å². The summed E-state index contributed by atoms with van der Waals surface area (Å²) >= 11 is 0. The molecule has 0 spiro atoms. The van der Waals surface area contributed by atoms with Crippen molar-refractivity contribution in [3.8, 4) is 5.75 Å². The van der Waals surface area contributed by atoms with Crippen LogP contribution in [0.15, 0.2) is 65.8 Å². The lowest BCUT2D eigenvalue weighted by molar-refractivity contribution is -0.139. The van der Waals surface area contributed by atoms with E-state index in [1.54, 1.807) is 18.2 Å². The molecule has 1 fully saturated rings. The Labute approximate surface area is 186 Å². The first-order valence-corrected chi connectivity index (χ1v) is 10.7. The number of fused-ring (bicyclic) bond motifs is 1. The molecule has 6 nitrogen and oxygen atoms in total. The molecular formula is C25H26FN3O3. The van der Waals surface area contributed by atoms with Gasteiger partial charge in [-0.15, -0.1) is 4.91 Å². The third-order valence-corrected chi connectivity index (χ3v) is 6.04. The van der Waals surface area contributed by atoms with Gasteiger partial charge in [0.05, 0.1) is 0 Å². The molecule has 0 bridgehead atoms. The Morgan fingerprint density at radius 2 is 1.78 bits per heavy atom. The average Bonchev–Trinajstić information content (AvgIpc) is 2.80. The van der Waals surface area contributed by atoms with E-state index >= 15 is 0 Å². The average molecular weight is 435 g/mol. The lowest BCUT2D eigenvalue weighted by Gasteiger charge is -2.44. The summed E-state index contributed by atoms with van der Waals surface area (Å²) in [6.07, 6.45) is 0. The Bertz CT molecular complexity index is 1120. The number of carbonyl (C=O) groups excluding carboxylic acids is 1. The number of benzene rings is 3. The van der Waals surface area contributed by atoms with Crippen LogP contribution in [0.25, 0.3) is 10.8 Å². The van der Waals surface area contributed by atoms with Crippen molar-refractivity contribution in [2.24, 2.45) is 5.18 Å². The van der Waals surface area contributed by atoms with Crippen molar-refractivity contribution in [3.63, 3.8) is 0 Å². The highest BCUT2D eigenvalue weighted by Crippen LogP contribution is 2.35. The predicted molar refractivity (Wildman–Crippen MR) is 122 cm³/mol. The van der Waals surface area contributed by atoms with Crippen LogP contribution in [-0.2, 0) is 11.3 Å². The minimum Gasteiger partial charge on any atom is -0.481 e. The van der Waals surface area contributed by atoms with Gasteiger partial charge >= 0.3 is 0 Å². The van der Waals surface area contributed by atoms with E-state index in [0.717, 1.165) is 10.9 Å². The number of carbonyl (C=O) groups is 1. The van der Waals surface area contributed by atoms with Crippen LogP contribution in [0.4, 0.5) is 10.1 Å². The largest absolute Gasteiger partial charge is 0.481 e. The molecule has 3 aromatic carbocycles. The zero-order valence-electron chi connectivity index (χ0n) is 18.2. The van der Waals surface area contributed by atoms with Gasteiger partial charge in [-0.3, -0.25) is 9.69 Å². The van der Waals surface area contributed by atoms with Gasteiger partial charge in [-0.25, -0.2) is 4.39 Å². The van der Waals surface area contributed by atoms with Gasteiger partial charge in [0.25, 0.3) is 5.91 Å². The molecule has 0 N–H and O–H groups in total. The maximum Gasteiger partial charge on any atom is 0.260 e. The van der Waals surface area contributed by atoms with Crippen molar-refractivity contribution in [1.82, 2.24) is 9.80 Å². The molecule has 1 aliphatic rings. The van der Waals surface area contributed by atoms with Gasteiger partial charge in [0, 0.05) is 37.1 Å². The molecule has 1 heterocycles. The van der Waals surface area contributed by atoms with E-state index in [0.29, 0.717) is 30.8 Å². The molecule has 1 amide bonds. The number of amides is 1. The first kappa shape index (κ1) is 21.9. The van der Waals surface area contributed by atoms with Gasteiger partial charge in [-0.1, -0.05) is 42.5 Å². The number of piperazine rings is 1. The van der Waals surface area contributed by atoms with E-state index in [1.165, 1.54) is 12.1 Å². The van der Waals surface area contributed by atoms with E-state index in [1.807, 2.05) is 42.2 Å². The minimum atomic E-state index is -0.245. The minimum absolute atomic E-state index is 0.00279. The Hall–Kier alpha value is -3.32. The molecule has 0 radical (unpaired) electrons. The molecule has 3 aromatic rings. The molecule has 0 aromatic heterocycles. The summed E-state index contributed by atoms with van der Waals surface area (Å²) in [6, 6.07) is 17.6. The molecule has 1 saturated heterocycles. The second kappa shape index (κ2) is 9.44. The normalized spacial score (nSPS) is 19.2. The van der Waals surface area contributed by atoms with Crippen molar-refractivity contribution in [1.29, 1.82) is 0 Å². The topological polar surface area (TPSA) is 62.2 Å². The highest BCUT2D eigenvalue weighted by atomic mass is 19.1. The van der Waals surface area contributed by atoms with Crippen molar-refractivity contribution in [2.75, 3.05) is 19.7 Å². The maximum absolute atomic E-state index is 13.2. The fourth-order valence-corrected chi connectivity index (χ4v) is 4.26. The first-order chi connectivity index (χ1) is 15.5. The number of halogens is 1. The lowest BCUT2D eigenvalue weighted by atomic mass is 10.1. The fraction of sp³-hybridized carbons (Fsp3) is 0.320. The number of rotatable bonds is 6. The Kier molecular flexibility index (Phi) is 6.46. The quantitative estimate of drug-likeness (QED) is 0.518. The van der Waals surface area contributed by atoms with Crippen LogP contribution < -0.4 is 4.74 Å². The smallest absolute Gasteiger partial charge is 0.260 e. The highest BCUT2D eigenvalue weighted by Gasteiger charge is 2.32. The van der Waals surface area contributed by atoms with Crippen LogP contribution in [-0.4, -0.2) is 47.5 Å². The number of hydrogen-bond donors (Lipinski definition) is 0. The van der Waals surface area contributed by atoms with Crippen molar-refractivity contribution < 1.29 is 13.9 Å². The van der Waals surface area contributed by atoms with Crippen LogP contribution >= 0.6 is 0 Å². The van der Waals surface area contributed by atoms with Crippen molar-refractivity contribution in [3.05, 3.63) is 77.0 Å². The van der Waals surface area contributed by atoms with Gasteiger partial charge in [-0.2, -0.15) is 0 Å². The summed E-state index contributed by atoms with van der Waals surface area (Å²) in [7, 11) is 0. The monoisotopic (exact) mass is 435 g/mol. The highest BCUT2D eigenvalue weighted by molar-refractivity contribution is 5.95. The van der Waals surface area contributed by atoms with Gasteiger partial charge in [-0.05, 0) is 48.2 Å². The van der Waals surface area contributed by atoms with Crippen LogP contribution in [0.3, 0.4) is 0 Å². The van der Waals surface area contributed by atoms with Crippen LogP contribution in [0.1, 0.15) is 19.4 Å². The summed E-state index contributed by atoms with van der Waals surface area (Å²) < 4.78 is 18.9. The Morgan fingerprint density at radius 1 is 1.03 bits per heavy atom. The summed E-state index contributed by atoms with van der Waals surface area (Å²) in [5, 5.41) is 4.73. The van der Waals surface area contributed by atoms with E-state index in [4.69, 9.17) is 4.74 Å². The Morgan fingerprint density at radius 3 is 2.53 bits per heavy atom. The summed E-state index contributed by atoms with van der Waals surface area (Å²) in [6.45, 7) is 5.91. The second-order valence-electron chi connectivity index (χ2n) is 8.31. The van der Waals surface area contributed by atoms with Gasteiger partial charge in [0.15, 0.2) is 12.3 Å². The maximum atomic E-state index is 13.2. The zero-order chi connectivity index (χ0) is 22.7. The summed E-state index contributed by atoms with van der Waals surface area (Å²) in [5.41, 5.74) is 1.25. The molecule has 2 atom stereocenters. The first-order valence-electron chi connectivity index (χ1n) is 10.7. The number of nitroso groups, excluding NO2 is 1. The molecule has 2 unspecified atom stereocenters. The van der Waals surface area contributed by atoms with Gasteiger partial charge in [0.2, 0.25) is 0 Å². The molecule has 32 heavy (non-hydrogen) atoms. The number of ether oxygens (including phenoxy) is 1. The van der Waals surface area contributed by atoms with E-state index in [2.05, 4.69) is 17.0 Å². The molecule has 7 heteroatoms. The van der Waals surface area contributed by atoms with Gasteiger partial charge in [0.1, 0.15) is 11.6 Å². The second-order valence-corrected chi connectivity index (χ2v) is 8.31. The molecular weight excluding hydrogens is 409 g/mol. The standard InChI is InChI=1S/C25H26FN3O3/c1-17-14-29(18(2)13-28(17)15-19-7-10-21(26)11-8-19)24(30)16-32-23-12-9-20-5-3-4-6-22(20)25(23)27-31/h3-12,17-18H,13-16H2,1-2H3. The SMILES string of the molecule is CC1CN(C(=O)COc2ccc3ccccc3c2N=O)C(C)CN1Cc1ccc(F)cc1. The van der Waals surface area contributed by atoms with Crippen LogP contribution in [0.5, 0.6) is 5.75 Å². The van der Waals surface area contributed by atoms with Crippen molar-refractivity contribution >= 4 is 22.4 Å². The Balaban J connectivity index is 1.39. The van der Waals surface area contributed by atoms with E-state index in [9.17, 15) is 14.1 Å². The summed E-state index contributed by atoms with van der Waals surface area (Å²) in [4.78, 5) is 28.5. The van der Waals surface area contributed by atoms with Gasteiger partial charge < -0.3 is 9.64 Å². The molecule has 4 rings (SSSR count).